The van der Waals surface area contributed by atoms with E-state index in [4.69, 9.17) is 0 Å². The summed E-state index contributed by atoms with van der Waals surface area (Å²) in [6, 6.07) is 13.6. The van der Waals surface area contributed by atoms with Gasteiger partial charge in [0.15, 0.2) is 0 Å². The Hall–Kier alpha value is -3.09. The standard InChI is InChI=1S/C23H31N5O2/c1-23(2,3)26-22(30)28-14-12-18(13-15-28)25-21(29)17-10-11-20(24-16-17)27(4)19-8-6-5-7-9-19/h5-11,16,18H,12-15H2,1-4H3,(H,25,29)(H,26,30). The fourth-order valence-corrected chi connectivity index (χ4v) is 3.40. The molecule has 3 amide bonds. The molecular weight excluding hydrogens is 378 g/mol. The number of nitrogens with one attached hydrogen (secondary N) is 2. The Morgan fingerprint density at radius 3 is 2.30 bits per heavy atom. The van der Waals surface area contributed by atoms with E-state index in [9.17, 15) is 9.59 Å². The highest BCUT2D eigenvalue weighted by atomic mass is 16.2. The molecule has 1 aromatic carbocycles. The van der Waals surface area contributed by atoms with Gasteiger partial charge in [0.2, 0.25) is 0 Å². The van der Waals surface area contributed by atoms with E-state index in [1.807, 2.05) is 74.0 Å². The van der Waals surface area contributed by atoms with E-state index in [1.54, 1.807) is 12.3 Å². The number of carbonyl (C=O) groups is 2. The quantitative estimate of drug-likeness (QED) is 0.810. The molecule has 2 heterocycles. The Morgan fingerprint density at radius 2 is 1.73 bits per heavy atom. The molecule has 2 aromatic rings. The fraction of sp³-hybridized carbons (Fsp3) is 0.435. The van der Waals surface area contributed by atoms with Crippen LogP contribution in [-0.4, -0.2) is 53.5 Å². The summed E-state index contributed by atoms with van der Waals surface area (Å²) in [5.41, 5.74) is 1.31. The van der Waals surface area contributed by atoms with Crippen LogP contribution in [0.1, 0.15) is 44.0 Å². The lowest BCUT2D eigenvalue weighted by Crippen LogP contribution is -2.53. The average Bonchev–Trinajstić information content (AvgIpc) is 2.73. The zero-order valence-electron chi connectivity index (χ0n) is 18.2. The SMILES string of the molecule is CN(c1ccccc1)c1ccc(C(=O)NC2CCN(C(=O)NC(C)(C)C)CC2)cn1. The van der Waals surface area contributed by atoms with Crippen molar-refractivity contribution in [2.45, 2.75) is 45.2 Å². The van der Waals surface area contributed by atoms with Crippen LogP contribution < -0.4 is 15.5 Å². The fourth-order valence-electron chi connectivity index (χ4n) is 3.40. The summed E-state index contributed by atoms with van der Waals surface area (Å²) in [5.74, 6) is 0.643. The number of likely N-dealkylation sites (tertiary alicyclic amines) is 1. The first-order valence-electron chi connectivity index (χ1n) is 10.4. The van der Waals surface area contributed by atoms with Gasteiger partial charge in [0.25, 0.3) is 5.91 Å². The molecule has 0 bridgehead atoms. The van der Waals surface area contributed by atoms with E-state index in [2.05, 4.69) is 15.6 Å². The lowest BCUT2D eigenvalue weighted by Gasteiger charge is -2.34. The summed E-state index contributed by atoms with van der Waals surface area (Å²) in [4.78, 5) is 33.1. The van der Waals surface area contributed by atoms with Crippen LogP contribution in [0.2, 0.25) is 0 Å². The van der Waals surface area contributed by atoms with Crippen LogP contribution in [0.25, 0.3) is 0 Å². The Bertz CT molecular complexity index is 853. The highest BCUT2D eigenvalue weighted by Crippen LogP contribution is 2.21. The maximum absolute atomic E-state index is 12.6. The number of benzene rings is 1. The van der Waals surface area contributed by atoms with Crippen LogP contribution in [0.3, 0.4) is 0 Å². The molecule has 1 fully saturated rings. The third kappa shape index (κ3) is 5.72. The van der Waals surface area contributed by atoms with Gasteiger partial charge in [-0.2, -0.15) is 0 Å². The number of anilines is 2. The third-order valence-electron chi connectivity index (χ3n) is 5.10. The van der Waals surface area contributed by atoms with Gasteiger partial charge in [-0.1, -0.05) is 18.2 Å². The first-order chi connectivity index (χ1) is 14.2. The molecule has 1 aliphatic heterocycles. The molecule has 160 valence electrons. The number of nitrogens with zero attached hydrogens (tertiary/aromatic N) is 3. The number of rotatable bonds is 4. The van der Waals surface area contributed by atoms with Gasteiger partial charge in [0.05, 0.1) is 5.56 Å². The largest absolute Gasteiger partial charge is 0.349 e. The van der Waals surface area contributed by atoms with Crippen molar-refractivity contribution < 1.29 is 9.59 Å². The molecule has 1 saturated heterocycles. The van der Waals surface area contributed by atoms with Gasteiger partial charge >= 0.3 is 6.03 Å². The number of urea groups is 1. The number of hydrogen-bond acceptors (Lipinski definition) is 4. The van der Waals surface area contributed by atoms with Crippen molar-refractivity contribution in [2.75, 3.05) is 25.0 Å². The highest BCUT2D eigenvalue weighted by molar-refractivity contribution is 5.94. The molecule has 0 saturated carbocycles. The number of para-hydroxylation sites is 1. The van der Waals surface area contributed by atoms with Crippen molar-refractivity contribution >= 4 is 23.4 Å². The second-order valence-corrected chi connectivity index (χ2v) is 8.71. The average molecular weight is 410 g/mol. The lowest BCUT2D eigenvalue weighted by molar-refractivity contribution is 0.0917. The van der Waals surface area contributed by atoms with Crippen LogP contribution in [0.4, 0.5) is 16.3 Å². The third-order valence-corrected chi connectivity index (χ3v) is 5.10. The van der Waals surface area contributed by atoms with Crippen LogP contribution in [0.5, 0.6) is 0 Å². The molecule has 1 aliphatic rings. The second kappa shape index (κ2) is 9.15. The molecule has 0 atom stereocenters. The molecule has 0 spiro atoms. The molecule has 0 unspecified atom stereocenters. The van der Waals surface area contributed by atoms with Crippen molar-refractivity contribution in [1.82, 2.24) is 20.5 Å². The van der Waals surface area contributed by atoms with E-state index in [0.29, 0.717) is 18.7 Å². The molecule has 7 heteroatoms. The first kappa shape index (κ1) is 21.6. The Balaban J connectivity index is 1.51. The molecule has 7 nitrogen and oxygen atoms in total. The maximum atomic E-state index is 12.6. The molecule has 0 aliphatic carbocycles. The van der Waals surface area contributed by atoms with Gasteiger partial charge in [-0.25, -0.2) is 9.78 Å². The number of carbonyl (C=O) groups excluding carboxylic acids is 2. The number of pyridine rings is 1. The summed E-state index contributed by atoms with van der Waals surface area (Å²) in [5, 5.41) is 6.06. The predicted molar refractivity (Wildman–Crippen MR) is 119 cm³/mol. The van der Waals surface area contributed by atoms with Crippen molar-refractivity contribution in [3.05, 3.63) is 54.2 Å². The van der Waals surface area contributed by atoms with Gasteiger partial charge < -0.3 is 20.4 Å². The van der Waals surface area contributed by atoms with E-state index < -0.39 is 0 Å². The van der Waals surface area contributed by atoms with E-state index in [1.165, 1.54) is 0 Å². The molecular formula is C23H31N5O2. The highest BCUT2D eigenvalue weighted by Gasteiger charge is 2.26. The zero-order valence-corrected chi connectivity index (χ0v) is 18.2. The van der Waals surface area contributed by atoms with Crippen molar-refractivity contribution in [1.29, 1.82) is 0 Å². The monoisotopic (exact) mass is 409 g/mol. The van der Waals surface area contributed by atoms with Crippen molar-refractivity contribution in [3.63, 3.8) is 0 Å². The van der Waals surface area contributed by atoms with Gasteiger partial charge in [-0.3, -0.25) is 4.79 Å². The van der Waals surface area contributed by atoms with Gasteiger partial charge in [-0.05, 0) is 57.9 Å². The molecule has 0 radical (unpaired) electrons. The topological polar surface area (TPSA) is 77.6 Å². The minimum absolute atomic E-state index is 0.0467. The summed E-state index contributed by atoms with van der Waals surface area (Å²) < 4.78 is 0. The summed E-state index contributed by atoms with van der Waals surface area (Å²) in [6.07, 6.45) is 3.09. The lowest BCUT2D eigenvalue weighted by atomic mass is 10.0. The number of aromatic nitrogens is 1. The maximum Gasteiger partial charge on any atom is 0.317 e. The predicted octanol–water partition coefficient (Wildman–Crippen LogP) is 3.55. The van der Waals surface area contributed by atoms with Gasteiger partial charge in [0.1, 0.15) is 5.82 Å². The van der Waals surface area contributed by atoms with Crippen LogP contribution in [0.15, 0.2) is 48.7 Å². The smallest absolute Gasteiger partial charge is 0.317 e. The van der Waals surface area contributed by atoms with Crippen LogP contribution >= 0.6 is 0 Å². The normalized spacial score (nSPS) is 14.9. The zero-order chi connectivity index (χ0) is 21.7. The number of piperidine rings is 1. The molecule has 30 heavy (non-hydrogen) atoms. The summed E-state index contributed by atoms with van der Waals surface area (Å²) in [7, 11) is 1.95. The van der Waals surface area contributed by atoms with Crippen molar-refractivity contribution in [3.8, 4) is 0 Å². The number of hydrogen-bond donors (Lipinski definition) is 2. The van der Waals surface area contributed by atoms with E-state index in [-0.39, 0.29) is 23.5 Å². The Kier molecular flexibility index (Phi) is 6.59. The van der Waals surface area contributed by atoms with Crippen LogP contribution in [-0.2, 0) is 0 Å². The summed E-state index contributed by atoms with van der Waals surface area (Å²) in [6.45, 7) is 7.16. The first-order valence-corrected chi connectivity index (χ1v) is 10.4. The minimum atomic E-state index is -0.254. The van der Waals surface area contributed by atoms with Crippen LogP contribution in [0, 0.1) is 0 Å². The second-order valence-electron chi connectivity index (χ2n) is 8.71. The van der Waals surface area contributed by atoms with Crippen molar-refractivity contribution in [2.24, 2.45) is 0 Å². The molecule has 2 N–H and O–H groups in total. The minimum Gasteiger partial charge on any atom is -0.349 e. The van der Waals surface area contributed by atoms with E-state index in [0.717, 1.165) is 24.3 Å². The van der Waals surface area contributed by atoms with Gasteiger partial charge in [-0.15, -0.1) is 0 Å². The van der Waals surface area contributed by atoms with Gasteiger partial charge in [0, 0.05) is 43.6 Å². The molecule has 1 aromatic heterocycles. The summed E-state index contributed by atoms with van der Waals surface area (Å²) >= 11 is 0. The van der Waals surface area contributed by atoms with E-state index >= 15 is 0 Å². The Labute approximate surface area is 178 Å². The Morgan fingerprint density at radius 1 is 1.07 bits per heavy atom. The number of amides is 3. The molecule has 3 rings (SSSR count).